The Morgan fingerprint density at radius 3 is 2.55 bits per heavy atom. The molecule has 0 atom stereocenters. The Bertz CT molecular complexity index is 1390. The van der Waals surface area contributed by atoms with Gasteiger partial charge in [0.2, 0.25) is 15.9 Å². The Balaban J connectivity index is 1.28. The van der Waals surface area contributed by atoms with Crippen molar-refractivity contribution in [1.29, 1.82) is 0 Å². The third-order valence-electron chi connectivity index (χ3n) is 8.05. The number of anilines is 2. The number of nitrogens with zero attached hydrogens (tertiary/aromatic N) is 5. The van der Waals surface area contributed by atoms with Crippen molar-refractivity contribution in [2.75, 3.05) is 35.1 Å². The normalized spacial score (nSPS) is 19.1. The van der Waals surface area contributed by atoms with Crippen molar-refractivity contribution in [3.8, 4) is 23.0 Å². The molecule has 3 aliphatic rings. The lowest BCUT2D eigenvalue weighted by Crippen LogP contribution is -2.35. The van der Waals surface area contributed by atoms with Gasteiger partial charge in [0.1, 0.15) is 11.8 Å². The summed E-state index contributed by atoms with van der Waals surface area (Å²) in [6, 6.07) is 11.1. The predicted molar refractivity (Wildman–Crippen MR) is 145 cm³/mol. The molecule has 3 aromatic rings. The molecule has 202 valence electrons. The molecule has 2 aliphatic carbocycles. The van der Waals surface area contributed by atoms with Crippen LogP contribution in [0.3, 0.4) is 0 Å². The Morgan fingerprint density at radius 1 is 1.03 bits per heavy atom. The van der Waals surface area contributed by atoms with E-state index in [1.807, 2.05) is 36.5 Å². The van der Waals surface area contributed by atoms with Crippen LogP contribution in [0.5, 0.6) is 5.88 Å². The summed E-state index contributed by atoms with van der Waals surface area (Å²) in [6.45, 7) is 1.38. The van der Waals surface area contributed by atoms with Gasteiger partial charge >= 0.3 is 0 Å². The molecule has 6 rings (SSSR count). The molecule has 11 heteroatoms. The highest BCUT2D eigenvalue weighted by molar-refractivity contribution is 7.92. The quantitative estimate of drug-likeness (QED) is 0.422. The van der Waals surface area contributed by atoms with E-state index in [2.05, 4.69) is 24.9 Å². The standard InChI is InChI=1S/C27H34N6O4S/c34-16-17-38(35,36)30-20-8-9-24(25(18-20)32-14-12-27(10-11-27)13-15-32)33-19-23(29-31-33)22-6-3-7-26(28-22)37-21-4-1-2-5-21/h3,6-9,18-19,21,30,34H,1-2,4-5,10-17H2. The fourth-order valence-corrected chi connectivity index (χ4v) is 6.41. The third kappa shape index (κ3) is 5.49. The van der Waals surface area contributed by atoms with Crippen LogP contribution in [-0.2, 0) is 10.0 Å². The van der Waals surface area contributed by atoms with Crippen molar-refractivity contribution < 1.29 is 18.3 Å². The molecule has 2 saturated carbocycles. The topological polar surface area (TPSA) is 122 Å². The van der Waals surface area contributed by atoms with E-state index >= 15 is 0 Å². The Labute approximate surface area is 223 Å². The summed E-state index contributed by atoms with van der Waals surface area (Å²) in [5, 5.41) is 17.9. The second-order valence-corrected chi connectivity index (χ2v) is 12.6. The second kappa shape index (κ2) is 10.2. The first-order valence-corrected chi connectivity index (χ1v) is 15.1. The number of hydrogen-bond donors (Lipinski definition) is 2. The van der Waals surface area contributed by atoms with Crippen molar-refractivity contribution in [3.05, 3.63) is 42.6 Å². The molecule has 1 aliphatic heterocycles. The van der Waals surface area contributed by atoms with E-state index < -0.39 is 16.6 Å². The zero-order valence-corrected chi connectivity index (χ0v) is 22.2. The Kier molecular flexibility index (Phi) is 6.73. The van der Waals surface area contributed by atoms with E-state index in [1.165, 1.54) is 25.7 Å². The number of hydrogen-bond acceptors (Lipinski definition) is 8. The number of aliphatic hydroxyl groups is 1. The summed E-state index contributed by atoms with van der Waals surface area (Å²) in [5.41, 5.74) is 4.01. The van der Waals surface area contributed by atoms with Gasteiger partial charge in [0, 0.05) is 19.2 Å². The summed E-state index contributed by atoms with van der Waals surface area (Å²) in [4.78, 5) is 6.98. The number of rotatable bonds is 9. The number of aromatic nitrogens is 4. The summed E-state index contributed by atoms with van der Waals surface area (Å²) in [5.74, 6) is 0.255. The highest BCUT2D eigenvalue weighted by Gasteiger charge is 2.44. The van der Waals surface area contributed by atoms with Crippen molar-refractivity contribution in [1.82, 2.24) is 20.0 Å². The molecule has 1 aromatic carbocycles. The number of benzene rings is 1. The van der Waals surface area contributed by atoms with Crippen LogP contribution in [0.25, 0.3) is 17.1 Å². The lowest BCUT2D eigenvalue weighted by Gasteiger charge is -2.35. The first-order chi connectivity index (χ1) is 18.4. The SMILES string of the molecule is O=S(=O)(CCO)Nc1ccc(-n2cc(-c3cccc(OC4CCCC4)n3)nn2)c(N2CCC3(CC2)CC3)c1. The largest absolute Gasteiger partial charge is 0.474 e. The van der Waals surface area contributed by atoms with Gasteiger partial charge < -0.3 is 14.7 Å². The highest BCUT2D eigenvalue weighted by atomic mass is 32.2. The third-order valence-corrected chi connectivity index (χ3v) is 9.31. The zero-order valence-electron chi connectivity index (χ0n) is 21.4. The van der Waals surface area contributed by atoms with Crippen LogP contribution in [-0.4, -0.2) is 65.1 Å². The summed E-state index contributed by atoms with van der Waals surface area (Å²) >= 11 is 0. The fourth-order valence-electron chi connectivity index (χ4n) is 5.58. The van der Waals surface area contributed by atoms with Crippen molar-refractivity contribution in [2.45, 2.75) is 57.5 Å². The number of ether oxygens (including phenoxy) is 1. The fraction of sp³-hybridized carbons (Fsp3) is 0.519. The maximum absolute atomic E-state index is 12.3. The monoisotopic (exact) mass is 538 g/mol. The minimum atomic E-state index is -3.64. The Hall–Kier alpha value is -3.18. The second-order valence-electron chi connectivity index (χ2n) is 10.8. The number of sulfonamides is 1. The van der Waals surface area contributed by atoms with Gasteiger partial charge in [-0.3, -0.25) is 4.72 Å². The van der Waals surface area contributed by atoms with Gasteiger partial charge in [0.15, 0.2) is 0 Å². The van der Waals surface area contributed by atoms with E-state index in [4.69, 9.17) is 9.84 Å². The van der Waals surface area contributed by atoms with Gasteiger partial charge in [-0.05, 0) is 81.0 Å². The van der Waals surface area contributed by atoms with Crippen LogP contribution in [0.4, 0.5) is 11.4 Å². The molecule has 2 aromatic heterocycles. The molecule has 2 N–H and O–H groups in total. The minimum absolute atomic E-state index is 0.226. The van der Waals surface area contributed by atoms with Crippen LogP contribution in [0.15, 0.2) is 42.6 Å². The Morgan fingerprint density at radius 2 is 1.82 bits per heavy atom. The summed E-state index contributed by atoms with van der Waals surface area (Å²) in [7, 11) is -3.64. The van der Waals surface area contributed by atoms with E-state index in [0.29, 0.717) is 28.4 Å². The molecule has 1 spiro atoms. The van der Waals surface area contributed by atoms with Gasteiger partial charge in [-0.15, -0.1) is 5.10 Å². The number of pyridine rings is 1. The number of piperidine rings is 1. The van der Waals surface area contributed by atoms with Crippen LogP contribution < -0.4 is 14.4 Å². The summed E-state index contributed by atoms with van der Waals surface area (Å²) < 4.78 is 35.0. The predicted octanol–water partition coefficient (Wildman–Crippen LogP) is 3.77. The molecule has 3 fully saturated rings. The zero-order chi connectivity index (χ0) is 26.2. The van der Waals surface area contributed by atoms with Crippen LogP contribution in [0, 0.1) is 5.41 Å². The lowest BCUT2D eigenvalue weighted by atomic mass is 9.93. The van der Waals surface area contributed by atoms with E-state index in [1.54, 1.807) is 10.7 Å². The first-order valence-electron chi connectivity index (χ1n) is 13.5. The van der Waals surface area contributed by atoms with Gasteiger partial charge in [0.25, 0.3) is 0 Å². The van der Waals surface area contributed by atoms with Crippen molar-refractivity contribution >= 4 is 21.4 Å². The van der Waals surface area contributed by atoms with Crippen LogP contribution >= 0.6 is 0 Å². The maximum atomic E-state index is 12.3. The molecule has 10 nitrogen and oxygen atoms in total. The smallest absolute Gasteiger partial charge is 0.234 e. The lowest BCUT2D eigenvalue weighted by molar-refractivity contribution is 0.201. The van der Waals surface area contributed by atoms with Gasteiger partial charge in [-0.2, -0.15) is 0 Å². The summed E-state index contributed by atoms with van der Waals surface area (Å²) in [6.07, 6.45) is 11.5. The molecule has 0 radical (unpaired) electrons. The minimum Gasteiger partial charge on any atom is -0.474 e. The molecule has 0 amide bonds. The number of nitrogens with one attached hydrogen (secondary N) is 1. The van der Waals surface area contributed by atoms with E-state index in [0.717, 1.165) is 50.1 Å². The van der Waals surface area contributed by atoms with E-state index in [-0.39, 0.29) is 11.9 Å². The van der Waals surface area contributed by atoms with Crippen molar-refractivity contribution in [2.24, 2.45) is 5.41 Å². The molecule has 3 heterocycles. The molecule has 1 saturated heterocycles. The molecule has 0 unspecified atom stereocenters. The first kappa shape index (κ1) is 25.1. The van der Waals surface area contributed by atoms with E-state index in [9.17, 15) is 8.42 Å². The average Bonchev–Trinajstić information content (AvgIpc) is 3.27. The molecule has 0 bridgehead atoms. The maximum Gasteiger partial charge on any atom is 0.234 e. The number of aliphatic hydroxyl groups excluding tert-OH is 1. The van der Waals surface area contributed by atoms with Gasteiger partial charge in [0.05, 0.1) is 41.3 Å². The van der Waals surface area contributed by atoms with Crippen molar-refractivity contribution in [3.63, 3.8) is 0 Å². The highest BCUT2D eigenvalue weighted by Crippen LogP contribution is 2.54. The van der Waals surface area contributed by atoms with Gasteiger partial charge in [-0.25, -0.2) is 18.1 Å². The molecule has 38 heavy (non-hydrogen) atoms. The van der Waals surface area contributed by atoms with Crippen LogP contribution in [0.1, 0.15) is 51.4 Å². The molecular weight excluding hydrogens is 504 g/mol. The van der Waals surface area contributed by atoms with Gasteiger partial charge in [-0.1, -0.05) is 11.3 Å². The van der Waals surface area contributed by atoms with Crippen LogP contribution in [0.2, 0.25) is 0 Å². The average molecular weight is 539 g/mol. The molecular formula is C27H34N6O4S.